The molecule has 2 rings (SSSR count). The molecule has 0 saturated heterocycles. The lowest BCUT2D eigenvalue weighted by Gasteiger charge is -2.03. The minimum absolute atomic E-state index is 0.227. The van der Waals surface area contributed by atoms with Crippen LogP contribution in [0.5, 0.6) is 0 Å². The number of nitrogens with one attached hydrogen (secondary N) is 1. The molecule has 104 valence electrons. The van der Waals surface area contributed by atoms with Gasteiger partial charge in [-0.15, -0.1) is 11.3 Å². The molecule has 0 bridgehead atoms. The maximum atomic E-state index is 11.7. The standard InChI is InChI=1S/C14H13NO3S2/c1-20(17,18)13-7-4-11(5-8-13)15-14(16)9-6-12-3-2-10-19-12/h2-10H,1H3,(H,15,16). The van der Waals surface area contributed by atoms with E-state index in [4.69, 9.17) is 0 Å². The summed E-state index contributed by atoms with van der Waals surface area (Å²) in [4.78, 5) is 12.9. The number of sulfone groups is 1. The van der Waals surface area contributed by atoms with Crippen LogP contribution in [0.3, 0.4) is 0 Å². The fourth-order valence-corrected chi connectivity index (χ4v) is 2.76. The summed E-state index contributed by atoms with van der Waals surface area (Å²) in [6.07, 6.45) is 4.31. The number of rotatable bonds is 4. The van der Waals surface area contributed by atoms with E-state index < -0.39 is 9.84 Å². The Balaban J connectivity index is 2.01. The average molecular weight is 307 g/mol. The predicted molar refractivity (Wildman–Crippen MR) is 81.5 cm³/mol. The van der Waals surface area contributed by atoms with Crippen LogP contribution in [0.25, 0.3) is 6.08 Å². The fraction of sp³-hybridized carbons (Fsp3) is 0.0714. The molecule has 0 radical (unpaired) electrons. The van der Waals surface area contributed by atoms with E-state index in [9.17, 15) is 13.2 Å². The van der Waals surface area contributed by atoms with Crippen molar-refractivity contribution in [2.24, 2.45) is 0 Å². The van der Waals surface area contributed by atoms with E-state index in [0.29, 0.717) is 5.69 Å². The van der Waals surface area contributed by atoms with Crippen molar-refractivity contribution in [3.8, 4) is 0 Å². The summed E-state index contributed by atoms with van der Waals surface area (Å²) < 4.78 is 22.6. The molecule has 4 nitrogen and oxygen atoms in total. The Morgan fingerprint density at radius 1 is 1.20 bits per heavy atom. The minimum Gasteiger partial charge on any atom is -0.323 e. The topological polar surface area (TPSA) is 63.2 Å². The molecule has 0 aliphatic rings. The van der Waals surface area contributed by atoms with Crippen LogP contribution >= 0.6 is 11.3 Å². The van der Waals surface area contributed by atoms with E-state index >= 15 is 0 Å². The lowest BCUT2D eigenvalue weighted by molar-refractivity contribution is -0.111. The lowest BCUT2D eigenvalue weighted by atomic mass is 10.3. The molecule has 0 aliphatic carbocycles. The highest BCUT2D eigenvalue weighted by atomic mass is 32.2. The molecule has 1 amide bonds. The molecule has 1 aromatic carbocycles. The molecule has 0 aliphatic heterocycles. The second kappa shape index (κ2) is 6.02. The third-order valence-corrected chi connectivity index (χ3v) is 4.46. The first-order valence-electron chi connectivity index (χ1n) is 5.78. The highest BCUT2D eigenvalue weighted by Crippen LogP contribution is 2.14. The van der Waals surface area contributed by atoms with E-state index in [2.05, 4.69) is 5.32 Å². The zero-order valence-electron chi connectivity index (χ0n) is 10.7. The first kappa shape index (κ1) is 14.5. The van der Waals surface area contributed by atoms with Gasteiger partial charge >= 0.3 is 0 Å². The van der Waals surface area contributed by atoms with Gasteiger partial charge in [-0.25, -0.2) is 8.42 Å². The summed E-state index contributed by atoms with van der Waals surface area (Å²) in [5.41, 5.74) is 0.554. The van der Waals surface area contributed by atoms with E-state index in [1.807, 2.05) is 17.5 Å². The van der Waals surface area contributed by atoms with Crippen LogP contribution in [0.4, 0.5) is 5.69 Å². The summed E-state index contributed by atoms with van der Waals surface area (Å²) in [5, 5.41) is 4.60. The Morgan fingerprint density at radius 2 is 1.90 bits per heavy atom. The van der Waals surface area contributed by atoms with Crippen LogP contribution in [0.1, 0.15) is 4.88 Å². The van der Waals surface area contributed by atoms with E-state index in [0.717, 1.165) is 11.1 Å². The van der Waals surface area contributed by atoms with Crippen molar-refractivity contribution < 1.29 is 13.2 Å². The first-order valence-corrected chi connectivity index (χ1v) is 8.55. The van der Waals surface area contributed by atoms with Gasteiger partial charge in [0.05, 0.1) is 4.90 Å². The minimum atomic E-state index is -3.21. The molecule has 0 saturated carbocycles. The number of hydrogen-bond donors (Lipinski definition) is 1. The zero-order valence-corrected chi connectivity index (χ0v) is 12.4. The highest BCUT2D eigenvalue weighted by molar-refractivity contribution is 7.90. The molecule has 0 spiro atoms. The van der Waals surface area contributed by atoms with Crippen LogP contribution in [-0.2, 0) is 14.6 Å². The van der Waals surface area contributed by atoms with Crippen molar-refractivity contribution in [3.63, 3.8) is 0 Å². The third-order valence-electron chi connectivity index (χ3n) is 2.49. The number of anilines is 1. The zero-order chi connectivity index (χ0) is 14.6. The van der Waals surface area contributed by atoms with Crippen LogP contribution in [0.2, 0.25) is 0 Å². The van der Waals surface area contributed by atoms with Gasteiger partial charge in [0.2, 0.25) is 5.91 Å². The summed E-state index contributed by atoms with van der Waals surface area (Å²) in [7, 11) is -3.21. The van der Waals surface area contributed by atoms with Crippen LogP contribution in [0.15, 0.2) is 52.7 Å². The number of benzene rings is 1. The number of thiophene rings is 1. The monoisotopic (exact) mass is 307 g/mol. The van der Waals surface area contributed by atoms with Crippen molar-refractivity contribution >= 4 is 38.8 Å². The van der Waals surface area contributed by atoms with Crippen LogP contribution in [0, 0.1) is 0 Å². The quantitative estimate of drug-likeness (QED) is 0.883. The van der Waals surface area contributed by atoms with Crippen molar-refractivity contribution in [2.45, 2.75) is 4.90 Å². The molecule has 1 N–H and O–H groups in total. The van der Waals surface area contributed by atoms with E-state index in [-0.39, 0.29) is 10.8 Å². The summed E-state index contributed by atoms with van der Waals surface area (Å²) >= 11 is 1.54. The Labute approximate surface area is 121 Å². The smallest absolute Gasteiger partial charge is 0.248 e. The maximum absolute atomic E-state index is 11.7. The summed E-state index contributed by atoms with van der Waals surface area (Å²) in [5.74, 6) is -0.259. The second-order valence-electron chi connectivity index (χ2n) is 4.13. The van der Waals surface area contributed by atoms with Gasteiger partial charge in [-0.05, 0) is 41.8 Å². The highest BCUT2D eigenvalue weighted by Gasteiger charge is 2.06. The molecule has 1 heterocycles. The number of amides is 1. The first-order chi connectivity index (χ1) is 9.45. The van der Waals surface area contributed by atoms with Crippen LogP contribution < -0.4 is 5.32 Å². The van der Waals surface area contributed by atoms with E-state index in [1.165, 1.54) is 18.2 Å². The van der Waals surface area contributed by atoms with Gasteiger partial charge in [0.1, 0.15) is 0 Å². The van der Waals surface area contributed by atoms with Crippen molar-refractivity contribution in [1.82, 2.24) is 0 Å². The fourth-order valence-electron chi connectivity index (χ4n) is 1.51. The molecule has 2 aromatic rings. The van der Waals surface area contributed by atoms with Gasteiger partial charge < -0.3 is 5.32 Å². The second-order valence-corrected chi connectivity index (χ2v) is 7.13. The lowest BCUT2D eigenvalue weighted by Crippen LogP contribution is -2.07. The third kappa shape index (κ3) is 4.04. The number of hydrogen-bond acceptors (Lipinski definition) is 4. The molecule has 0 fully saturated rings. The molecule has 0 unspecified atom stereocenters. The summed E-state index contributed by atoms with van der Waals surface area (Å²) in [6, 6.07) is 9.88. The van der Waals surface area contributed by atoms with Gasteiger partial charge in [-0.1, -0.05) is 6.07 Å². The molecular formula is C14H13NO3S2. The van der Waals surface area contributed by atoms with Crippen molar-refractivity contribution in [3.05, 3.63) is 52.7 Å². The number of carbonyl (C=O) groups excluding carboxylic acids is 1. The molecule has 6 heteroatoms. The van der Waals surface area contributed by atoms with Crippen molar-refractivity contribution in [2.75, 3.05) is 11.6 Å². The van der Waals surface area contributed by atoms with E-state index in [1.54, 1.807) is 29.5 Å². The molecule has 20 heavy (non-hydrogen) atoms. The average Bonchev–Trinajstić information content (AvgIpc) is 2.89. The normalized spacial score (nSPS) is 11.7. The summed E-state index contributed by atoms with van der Waals surface area (Å²) in [6.45, 7) is 0. The predicted octanol–water partition coefficient (Wildman–Crippen LogP) is 2.80. The maximum Gasteiger partial charge on any atom is 0.248 e. The Kier molecular flexibility index (Phi) is 4.36. The van der Waals surface area contributed by atoms with Crippen molar-refractivity contribution in [1.29, 1.82) is 0 Å². The SMILES string of the molecule is CS(=O)(=O)c1ccc(NC(=O)C=Cc2cccs2)cc1. The van der Waals surface area contributed by atoms with Gasteiger partial charge in [-0.3, -0.25) is 4.79 Å². The van der Waals surface area contributed by atoms with Gasteiger partial charge in [0, 0.05) is 22.9 Å². The Morgan fingerprint density at radius 3 is 2.45 bits per heavy atom. The Bertz CT molecular complexity index is 714. The van der Waals surface area contributed by atoms with Crippen LogP contribution in [-0.4, -0.2) is 20.6 Å². The number of carbonyl (C=O) groups is 1. The van der Waals surface area contributed by atoms with Gasteiger partial charge in [0.15, 0.2) is 9.84 Å². The largest absolute Gasteiger partial charge is 0.323 e. The Hall–Kier alpha value is -1.92. The van der Waals surface area contributed by atoms with Gasteiger partial charge in [0.25, 0.3) is 0 Å². The molecule has 1 aromatic heterocycles. The van der Waals surface area contributed by atoms with Gasteiger partial charge in [-0.2, -0.15) is 0 Å². The molecular weight excluding hydrogens is 294 g/mol. The molecule has 0 atom stereocenters.